The van der Waals surface area contributed by atoms with Crippen LogP contribution in [0.2, 0.25) is 0 Å². The van der Waals surface area contributed by atoms with Gasteiger partial charge in [0.15, 0.2) is 11.6 Å². The largest absolute Gasteiger partial charge is 0.481 e. The number of hydrogen-bond donors (Lipinski definition) is 1. The van der Waals surface area contributed by atoms with E-state index in [1.807, 2.05) is 60.7 Å². The van der Waals surface area contributed by atoms with E-state index in [4.69, 9.17) is 20.4 Å². The van der Waals surface area contributed by atoms with E-state index in [1.54, 1.807) is 0 Å². The third-order valence-corrected chi connectivity index (χ3v) is 13.4. The zero-order valence-corrected chi connectivity index (χ0v) is 37.8. The monoisotopic (exact) mass is 888 g/mol. The van der Waals surface area contributed by atoms with Crippen LogP contribution in [0.3, 0.4) is 0 Å². The van der Waals surface area contributed by atoms with Crippen molar-refractivity contribution in [3.63, 3.8) is 0 Å². The van der Waals surface area contributed by atoms with Gasteiger partial charge in [-0.05, 0) is 83.8 Å². The number of para-hydroxylation sites is 2. The molecule has 1 aliphatic rings. The highest BCUT2D eigenvalue weighted by molar-refractivity contribution is 6.17. The Morgan fingerprint density at radius 2 is 1.03 bits per heavy atom. The van der Waals surface area contributed by atoms with Crippen molar-refractivity contribution in [3.8, 4) is 45.5 Å². The Bertz CT molecular complexity index is 3880. The Kier molecular flexibility index (Phi) is 9.50. The van der Waals surface area contributed by atoms with Crippen LogP contribution in [0.1, 0.15) is 23.6 Å². The molecule has 9 aromatic carbocycles. The fourth-order valence-electron chi connectivity index (χ4n) is 10.2. The molecular weight excluding hydrogens is 845 g/mol. The molecule has 3 aromatic heterocycles. The van der Waals surface area contributed by atoms with Crippen molar-refractivity contribution in [2.45, 2.75) is 19.1 Å². The molecule has 0 amide bonds. The molecular formula is C61H44N8. The Morgan fingerprint density at radius 3 is 1.72 bits per heavy atom. The summed E-state index contributed by atoms with van der Waals surface area (Å²) in [4.78, 5) is 15.3. The topological polar surface area (TPSA) is 77.7 Å². The van der Waals surface area contributed by atoms with E-state index in [2.05, 4.69) is 196 Å². The summed E-state index contributed by atoms with van der Waals surface area (Å²) in [7, 11) is 0. The Hall–Kier alpha value is -9.14. The number of nitrogens with zero attached hydrogens (tertiary/aromatic N) is 7. The third-order valence-electron chi connectivity index (χ3n) is 13.4. The maximum absolute atomic E-state index is 5.41. The first-order valence-corrected chi connectivity index (χ1v) is 23.4. The molecule has 0 saturated carbocycles. The fraction of sp³-hybridized carbons (Fsp3) is 0.0492. The van der Waals surface area contributed by atoms with Gasteiger partial charge in [-0.15, -0.1) is 0 Å². The van der Waals surface area contributed by atoms with Crippen LogP contribution >= 0.6 is 0 Å². The second-order valence-electron chi connectivity index (χ2n) is 17.8. The second-order valence-corrected chi connectivity index (χ2v) is 17.8. The summed E-state index contributed by atoms with van der Waals surface area (Å²) in [5.41, 5.74) is 17.6. The molecule has 0 aliphatic carbocycles. The second kappa shape index (κ2) is 16.3. The quantitative estimate of drug-likeness (QED) is 0.146. The van der Waals surface area contributed by atoms with Gasteiger partial charge in [0.25, 0.3) is 5.84 Å². The third kappa shape index (κ3) is 6.92. The van der Waals surface area contributed by atoms with Gasteiger partial charge < -0.3 is 14.7 Å². The standard InChI is InChI=1S/C61H44N8/c1-61(65-59(44-26-12-5-13-27-44)67(66-61)40-41-20-6-2-7-21-41)46-28-18-29-47(39-46)68-53-34-17-15-31-50(53)56-48(32-19-35-55(56)68)45-36-37-54-51(38-45)49-30-14-16-33-52(49)69(54)60-63-57(42-22-8-3-9-23-42)62-58(64-60)43-24-10-4-11-25-43/h2-39,65H,40H2,1H3. The zero-order valence-electron chi connectivity index (χ0n) is 37.8. The van der Waals surface area contributed by atoms with E-state index in [0.717, 1.165) is 77.7 Å². The van der Waals surface area contributed by atoms with E-state index in [9.17, 15) is 0 Å². The number of benzene rings is 9. The van der Waals surface area contributed by atoms with E-state index < -0.39 is 5.66 Å². The molecule has 69 heavy (non-hydrogen) atoms. The molecule has 4 heterocycles. The fourth-order valence-corrected chi connectivity index (χ4v) is 10.2. The highest BCUT2D eigenvalue weighted by Gasteiger charge is 2.34. The molecule has 13 rings (SSSR count). The molecule has 0 radical (unpaired) electrons. The van der Waals surface area contributed by atoms with Crippen LogP contribution in [0, 0.1) is 0 Å². The highest BCUT2D eigenvalue weighted by atomic mass is 15.6. The van der Waals surface area contributed by atoms with Gasteiger partial charge in [-0.25, -0.2) is 4.98 Å². The van der Waals surface area contributed by atoms with Crippen molar-refractivity contribution in [3.05, 3.63) is 253 Å². The molecule has 0 spiro atoms. The number of hydrogen-bond acceptors (Lipinski definition) is 4. The van der Waals surface area contributed by atoms with Gasteiger partial charge in [0.05, 0.1) is 33.3 Å². The van der Waals surface area contributed by atoms with Crippen LogP contribution < -0.4 is 5.32 Å². The molecule has 1 aliphatic heterocycles. The highest BCUT2D eigenvalue weighted by Crippen LogP contribution is 2.42. The van der Waals surface area contributed by atoms with Crippen molar-refractivity contribution in [2.24, 2.45) is 0 Å². The van der Waals surface area contributed by atoms with E-state index >= 15 is 0 Å². The molecule has 328 valence electrons. The molecule has 8 nitrogen and oxygen atoms in total. The lowest BCUT2D eigenvalue weighted by Gasteiger charge is -2.33. The van der Waals surface area contributed by atoms with Gasteiger partial charge in [-0.1, -0.05) is 176 Å². The predicted molar refractivity (Wildman–Crippen MR) is 280 cm³/mol. The van der Waals surface area contributed by atoms with E-state index in [0.29, 0.717) is 24.1 Å². The van der Waals surface area contributed by atoms with Crippen molar-refractivity contribution >= 4 is 49.4 Å². The maximum atomic E-state index is 5.41. The van der Waals surface area contributed by atoms with Gasteiger partial charge in [0.1, 0.15) is 6.54 Å². The Labute approximate surface area is 399 Å². The Balaban J connectivity index is 0.932. The average Bonchev–Trinajstić information content (AvgIpc) is 4.07. The smallest absolute Gasteiger partial charge is 0.267 e. The van der Waals surface area contributed by atoms with Gasteiger partial charge in [-0.2, -0.15) is 9.97 Å². The normalized spacial score (nSPS) is 14.7. The van der Waals surface area contributed by atoms with Crippen molar-refractivity contribution in [2.75, 3.05) is 0 Å². The molecule has 0 bridgehead atoms. The summed E-state index contributed by atoms with van der Waals surface area (Å²) in [5.74, 6) is 2.80. The van der Waals surface area contributed by atoms with Gasteiger partial charge in [0.2, 0.25) is 5.95 Å². The number of nitrogens with one attached hydrogen (secondary N) is 1. The molecule has 1 atom stereocenters. The first-order valence-electron chi connectivity index (χ1n) is 23.4. The summed E-state index contributed by atoms with van der Waals surface area (Å²) < 4.78 is 6.70. The SMILES string of the molecule is CC1(c2cccc(-n3c4ccccc4c4c(-c5ccc6c(c5)c5ccccc5n6-c5nc(-c6ccccc6)nc(-c6ccccc6)n5)cccc43)c2)[N-][N+](Cc2ccccc2)=C(c2ccccc2)N1. The lowest BCUT2D eigenvalue weighted by atomic mass is 9.98. The minimum absolute atomic E-state index is 0.571. The van der Waals surface area contributed by atoms with Crippen LogP contribution in [0.4, 0.5) is 0 Å². The minimum Gasteiger partial charge on any atom is -0.481 e. The molecule has 0 fully saturated rings. The van der Waals surface area contributed by atoms with Gasteiger partial charge in [0, 0.05) is 38.4 Å². The van der Waals surface area contributed by atoms with Crippen molar-refractivity contribution < 1.29 is 4.68 Å². The molecule has 8 heteroatoms. The molecule has 1 unspecified atom stereocenters. The van der Waals surface area contributed by atoms with Crippen LogP contribution in [-0.4, -0.2) is 34.6 Å². The molecule has 0 saturated heterocycles. The van der Waals surface area contributed by atoms with E-state index in [1.165, 1.54) is 16.3 Å². The summed E-state index contributed by atoms with van der Waals surface area (Å²) in [6, 6.07) is 80.9. The van der Waals surface area contributed by atoms with Crippen LogP contribution in [-0.2, 0) is 12.2 Å². The van der Waals surface area contributed by atoms with Crippen LogP contribution in [0.5, 0.6) is 0 Å². The van der Waals surface area contributed by atoms with Crippen LogP contribution in [0.25, 0.3) is 94.6 Å². The minimum atomic E-state index is -0.720. The summed E-state index contributed by atoms with van der Waals surface area (Å²) in [5, 5.41) is 8.49. The first kappa shape index (κ1) is 40.2. The average molecular weight is 889 g/mol. The number of aromatic nitrogens is 5. The summed E-state index contributed by atoms with van der Waals surface area (Å²) in [6.07, 6.45) is 0. The Morgan fingerprint density at radius 1 is 0.464 bits per heavy atom. The lowest BCUT2D eigenvalue weighted by Crippen LogP contribution is -2.37. The zero-order chi connectivity index (χ0) is 45.9. The number of rotatable bonds is 9. The maximum Gasteiger partial charge on any atom is 0.267 e. The molecule has 12 aromatic rings. The summed E-state index contributed by atoms with van der Waals surface area (Å²) in [6.45, 7) is 2.82. The van der Waals surface area contributed by atoms with Crippen molar-refractivity contribution in [1.29, 1.82) is 0 Å². The predicted octanol–water partition coefficient (Wildman–Crippen LogP) is 13.8. The van der Waals surface area contributed by atoms with E-state index in [-0.39, 0.29) is 0 Å². The van der Waals surface area contributed by atoms with Gasteiger partial charge in [-0.3, -0.25) is 9.88 Å². The number of fused-ring (bicyclic) bond motifs is 6. The first-order chi connectivity index (χ1) is 34.1. The lowest BCUT2D eigenvalue weighted by molar-refractivity contribution is -0.494. The van der Waals surface area contributed by atoms with Gasteiger partial charge >= 0.3 is 0 Å². The van der Waals surface area contributed by atoms with Crippen LogP contribution in [0.15, 0.2) is 231 Å². The summed E-state index contributed by atoms with van der Waals surface area (Å²) >= 11 is 0. The molecule has 1 N–H and O–H groups in total. The number of amidine groups is 1. The van der Waals surface area contributed by atoms with Crippen molar-refractivity contribution in [1.82, 2.24) is 29.4 Å².